The lowest BCUT2D eigenvalue weighted by molar-refractivity contribution is 0.475. The number of aryl methyl sites for hydroxylation is 1. The third-order valence-corrected chi connectivity index (χ3v) is 8.12. The minimum Gasteiger partial charge on any atom is -0.508 e. The fraction of sp³-hybridized carbons (Fsp3) is 0.0400. The average Bonchev–Trinajstić information content (AvgIpc) is 3.24. The Morgan fingerprint density at radius 2 is 1.55 bits per heavy atom. The highest BCUT2D eigenvalue weighted by molar-refractivity contribution is 8.72. The van der Waals surface area contributed by atoms with E-state index >= 15 is 0 Å². The Labute approximate surface area is 194 Å². The number of furan rings is 1. The summed E-state index contributed by atoms with van der Waals surface area (Å²) >= 11 is 0. The van der Waals surface area contributed by atoms with Gasteiger partial charge in [0.15, 0.2) is 5.76 Å². The van der Waals surface area contributed by atoms with Gasteiger partial charge in [0.25, 0.3) is 0 Å². The van der Waals surface area contributed by atoms with Gasteiger partial charge in [0, 0.05) is 10.9 Å². The summed E-state index contributed by atoms with van der Waals surface area (Å²) in [6.07, 6.45) is 0. The molecule has 0 spiro atoms. The molecule has 0 unspecified atom stereocenters. The molecule has 0 amide bonds. The Kier molecular flexibility index (Phi) is 5.39. The van der Waals surface area contributed by atoms with Crippen LogP contribution in [0.4, 0.5) is 0 Å². The molecule has 0 bridgehead atoms. The Morgan fingerprint density at radius 3 is 2.27 bits per heavy atom. The molecule has 0 saturated heterocycles. The van der Waals surface area contributed by atoms with Crippen LogP contribution in [-0.2, 0) is 8.87 Å². The number of rotatable bonds is 5. The first-order chi connectivity index (χ1) is 15.9. The maximum atomic E-state index is 13.0. The zero-order valence-corrected chi connectivity index (χ0v) is 19.1. The fourth-order valence-electron chi connectivity index (χ4n) is 3.33. The van der Waals surface area contributed by atoms with Crippen LogP contribution in [0.2, 0.25) is 0 Å². The number of hydrogen-bond donors (Lipinski definition) is 1. The summed E-state index contributed by atoms with van der Waals surface area (Å²) in [5, 5.41) is 10.6. The molecule has 2 aromatic heterocycles. The van der Waals surface area contributed by atoms with E-state index in [1.165, 1.54) is 0 Å². The normalized spacial score (nSPS) is 11.7. The summed E-state index contributed by atoms with van der Waals surface area (Å²) < 4.78 is 32.0. The number of nitrogens with zero attached hydrogens (tertiary/aromatic N) is 2. The molecule has 0 atom stereocenters. The van der Waals surface area contributed by atoms with E-state index in [1.807, 2.05) is 37.3 Å². The molecular formula is C25H18N2O4S2. The number of aromatic nitrogens is 2. The topological polar surface area (TPSA) is 93.3 Å². The van der Waals surface area contributed by atoms with Gasteiger partial charge in [-0.25, -0.2) is 18.4 Å². The first-order valence-electron chi connectivity index (χ1n) is 10.1. The molecule has 3 aromatic carbocycles. The molecule has 2 heterocycles. The van der Waals surface area contributed by atoms with Crippen LogP contribution in [-0.4, -0.2) is 23.5 Å². The van der Waals surface area contributed by atoms with Crippen LogP contribution >= 0.6 is 10.8 Å². The van der Waals surface area contributed by atoms with Crippen LogP contribution in [0.15, 0.2) is 99.4 Å². The largest absolute Gasteiger partial charge is 0.508 e. The van der Waals surface area contributed by atoms with Crippen LogP contribution in [0.25, 0.3) is 33.7 Å². The molecule has 1 N–H and O–H groups in total. The summed E-state index contributed by atoms with van der Waals surface area (Å²) in [5.41, 5.74) is 3.37. The van der Waals surface area contributed by atoms with E-state index in [1.54, 1.807) is 54.6 Å². The second kappa shape index (κ2) is 8.38. The molecule has 0 fully saturated rings. The molecule has 5 rings (SSSR count). The van der Waals surface area contributed by atoms with Crippen molar-refractivity contribution in [1.29, 1.82) is 0 Å². The Balaban J connectivity index is 1.62. The minimum atomic E-state index is -3.74. The Morgan fingerprint density at radius 1 is 0.848 bits per heavy atom. The van der Waals surface area contributed by atoms with Gasteiger partial charge >= 0.3 is 0 Å². The highest BCUT2D eigenvalue weighted by Gasteiger charge is 2.21. The minimum absolute atomic E-state index is 0.0802. The highest BCUT2D eigenvalue weighted by Crippen LogP contribution is 2.34. The summed E-state index contributed by atoms with van der Waals surface area (Å²) in [5.74, 6) is 0.634. The van der Waals surface area contributed by atoms with E-state index in [2.05, 4.69) is 9.97 Å². The van der Waals surface area contributed by atoms with Gasteiger partial charge in [0.2, 0.25) is 14.0 Å². The van der Waals surface area contributed by atoms with E-state index in [0.29, 0.717) is 39.1 Å². The molecule has 0 aliphatic carbocycles. The van der Waals surface area contributed by atoms with E-state index in [-0.39, 0.29) is 15.8 Å². The van der Waals surface area contributed by atoms with Crippen LogP contribution in [0.1, 0.15) is 5.56 Å². The third-order valence-electron chi connectivity index (χ3n) is 5.04. The van der Waals surface area contributed by atoms with Gasteiger partial charge in [0.1, 0.15) is 17.0 Å². The highest BCUT2D eigenvalue weighted by atomic mass is 33.1. The molecule has 6 nitrogen and oxygen atoms in total. The Bertz CT molecular complexity index is 1530. The number of hydrogen-bond acceptors (Lipinski definition) is 7. The molecule has 0 aliphatic rings. The SMILES string of the molecule is Cc1ccc(S(=O)(=O)Sc2nc(-c3ccc(O)cc3)cc(-c3cc4ccccc4o3)n2)cc1. The number of phenols is 1. The number of fused-ring (bicyclic) bond motifs is 1. The lowest BCUT2D eigenvalue weighted by Gasteiger charge is -2.08. The second-order valence-electron chi connectivity index (χ2n) is 7.47. The van der Waals surface area contributed by atoms with Crippen LogP contribution in [0, 0.1) is 6.92 Å². The molecular weight excluding hydrogens is 456 g/mol. The van der Waals surface area contributed by atoms with Gasteiger partial charge in [-0.3, -0.25) is 0 Å². The standard InChI is InChI=1S/C25H18N2O4S2/c1-16-6-12-20(13-7-16)33(29,30)32-25-26-21(17-8-10-19(28)11-9-17)15-22(27-25)24-14-18-4-2-3-5-23(18)31-24/h2-15,28H,1H3. The third kappa shape index (κ3) is 4.48. The maximum Gasteiger partial charge on any atom is 0.237 e. The first kappa shape index (κ1) is 21.2. The van der Waals surface area contributed by atoms with Gasteiger partial charge in [0.05, 0.1) is 21.4 Å². The molecule has 8 heteroatoms. The quantitative estimate of drug-likeness (QED) is 0.245. The fourth-order valence-corrected chi connectivity index (χ4v) is 5.80. The van der Waals surface area contributed by atoms with Crippen molar-refractivity contribution in [2.45, 2.75) is 17.0 Å². The van der Waals surface area contributed by atoms with Gasteiger partial charge < -0.3 is 9.52 Å². The van der Waals surface area contributed by atoms with Crippen molar-refractivity contribution in [3.05, 3.63) is 90.5 Å². The van der Waals surface area contributed by atoms with E-state index in [4.69, 9.17) is 4.42 Å². The van der Waals surface area contributed by atoms with Crippen molar-refractivity contribution in [3.8, 4) is 28.5 Å². The lowest BCUT2D eigenvalue weighted by atomic mass is 10.1. The molecule has 0 saturated carbocycles. The van der Waals surface area contributed by atoms with Crippen LogP contribution in [0.5, 0.6) is 5.75 Å². The van der Waals surface area contributed by atoms with E-state index < -0.39 is 8.87 Å². The van der Waals surface area contributed by atoms with Gasteiger partial charge in [-0.15, -0.1) is 0 Å². The zero-order chi connectivity index (χ0) is 23.0. The molecule has 0 aliphatic heterocycles. The molecule has 5 aromatic rings. The predicted octanol–water partition coefficient (Wildman–Crippen LogP) is 6.05. The van der Waals surface area contributed by atoms with Crippen molar-refractivity contribution in [2.75, 3.05) is 0 Å². The van der Waals surface area contributed by atoms with Crippen molar-refractivity contribution in [3.63, 3.8) is 0 Å². The second-order valence-corrected chi connectivity index (χ2v) is 11.2. The summed E-state index contributed by atoms with van der Waals surface area (Å²) in [4.78, 5) is 9.17. The summed E-state index contributed by atoms with van der Waals surface area (Å²) in [6.45, 7) is 1.90. The van der Waals surface area contributed by atoms with E-state index in [9.17, 15) is 13.5 Å². The smallest absolute Gasteiger partial charge is 0.237 e. The average molecular weight is 475 g/mol. The van der Waals surface area contributed by atoms with Crippen molar-refractivity contribution >= 4 is 30.6 Å². The van der Waals surface area contributed by atoms with Crippen molar-refractivity contribution in [2.24, 2.45) is 0 Å². The summed E-state index contributed by atoms with van der Waals surface area (Å²) in [6, 6.07) is 24.4. The van der Waals surface area contributed by atoms with Crippen LogP contribution in [0.3, 0.4) is 0 Å². The number of aromatic hydroxyl groups is 1. The predicted molar refractivity (Wildman–Crippen MR) is 129 cm³/mol. The maximum absolute atomic E-state index is 13.0. The van der Waals surface area contributed by atoms with Crippen molar-refractivity contribution < 1.29 is 17.9 Å². The lowest BCUT2D eigenvalue weighted by Crippen LogP contribution is -2.00. The van der Waals surface area contributed by atoms with Gasteiger partial charge in [-0.1, -0.05) is 35.9 Å². The number of benzene rings is 3. The number of phenolic OH excluding ortho intramolecular Hbond substituents is 1. The molecule has 33 heavy (non-hydrogen) atoms. The van der Waals surface area contributed by atoms with Crippen molar-refractivity contribution in [1.82, 2.24) is 9.97 Å². The van der Waals surface area contributed by atoms with Gasteiger partial charge in [-0.2, -0.15) is 0 Å². The van der Waals surface area contributed by atoms with E-state index in [0.717, 1.165) is 10.9 Å². The molecule has 164 valence electrons. The van der Waals surface area contributed by atoms with Crippen LogP contribution < -0.4 is 0 Å². The van der Waals surface area contributed by atoms with Gasteiger partial charge in [-0.05, 0) is 61.5 Å². The molecule has 0 radical (unpaired) electrons. The first-order valence-corrected chi connectivity index (χ1v) is 12.9. The monoisotopic (exact) mass is 474 g/mol. The number of para-hydroxylation sites is 1. The Hall–Kier alpha value is -3.62. The summed E-state index contributed by atoms with van der Waals surface area (Å²) in [7, 11) is -3.15. The zero-order valence-electron chi connectivity index (χ0n) is 17.5.